The fourth-order valence-electron chi connectivity index (χ4n) is 3.76. The highest BCUT2D eigenvalue weighted by Gasteiger charge is 2.45. The summed E-state index contributed by atoms with van der Waals surface area (Å²) in [6, 6.07) is 0.00839. The van der Waals surface area contributed by atoms with E-state index in [2.05, 4.69) is 44.2 Å². The van der Waals surface area contributed by atoms with Crippen molar-refractivity contribution in [1.29, 1.82) is 0 Å². The van der Waals surface area contributed by atoms with E-state index in [1.54, 1.807) is 0 Å². The molecule has 3 nitrogen and oxygen atoms in total. The van der Waals surface area contributed by atoms with Crippen LogP contribution < -0.4 is 5.32 Å². The lowest BCUT2D eigenvalue weighted by atomic mass is 10.0. The van der Waals surface area contributed by atoms with Crippen LogP contribution in [-0.4, -0.2) is 40.6 Å². The second-order valence-corrected chi connectivity index (χ2v) is 8.87. The molecule has 1 saturated carbocycles. The molecule has 1 amide bonds. The van der Waals surface area contributed by atoms with Crippen LogP contribution in [0.15, 0.2) is 0 Å². The van der Waals surface area contributed by atoms with Crippen molar-refractivity contribution in [3.63, 3.8) is 0 Å². The largest absolute Gasteiger partial charge is 0.324 e. The van der Waals surface area contributed by atoms with Crippen LogP contribution in [0.4, 0.5) is 0 Å². The first-order valence-electron chi connectivity index (χ1n) is 8.50. The predicted molar refractivity (Wildman–Crippen MR) is 91.4 cm³/mol. The molecule has 1 aliphatic heterocycles. The first-order chi connectivity index (χ1) is 9.88. The van der Waals surface area contributed by atoms with Gasteiger partial charge in [-0.05, 0) is 37.4 Å². The monoisotopic (exact) mass is 312 g/mol. The number of nitrogens with one attached hydrogen (secondary N) is 1. The van der Waals surface area contributed by atoms with Crippen molar-refractivity contribution in [1.82, 2.24) is 10.2 Å². The number of carbonyl (C=O) groups excluding carboxylic acids is 1. The van der Waals surface area contributed by atoms with E-state index in [0.717, 1.165) is 13.0 Å². The number of nitrogens with zero attached hydrogens (tertiary/aromatic N) is 1. The van der Waals surface area contributed by atoms with Crippen LogP contribution in [0.1, 0.15) is 59.8 Å². The standard InChI is InChI=1S/C17H32N2OS/c1-12(2)10-14-18-15(13(3)4)16(20)19(14)11-17(21-5)8-6-7-9-17/h12-15,18H,6-11H2,1-5H3. The van der Waals surface area contributed by atoms with E-state index >= 15 is 0 Å². The lowest BCUT2D eigenvalue weighted by Gasteiger charge is -2.35. The molecular weight excluding hydrogens is 280 g/mol. The van der Waals surface area contributed by atoms with Crippen LogP contribution in [0, 0.1) is 11.8 Å². The molecule has 2 rings (SSSR count). The molecule has 4 heteroatoms. The molecule has 2 fully saturated rings. The molecule has 1 heterocycles. The van der Waals surface area contributed by atoms with Gasteiger partial charge in [-0.15, -0.1) is 0 Å². The van der Waals surface area contributed by atoms with Gasteiger partial charge >= 0.3 is 0 Å². The molecule has 0 bridgehead atoms. The van der Waals surface area contributed by atoms with Crippen molar-refractivity contribution in [3.8, 4) is 0 Å². The molecule has 0 aromatic heterocycles. The van der Waals surface area contributed by atoms with Gasteiger partial charge in [0, 0.05) is 11.3 Å². The summed E-state index contributed by atoms with van der Waals surface area (Å²) < 4.78 is 0.304. The Balaban J connectivity index is 2.14. The third-order valence-electron chi connectivity index (χ3n) is 5.06. The predicted octanol–water partition coefficient (Wildman–Crippen LogP) is 3.49. The van der Waals surface area contributed by atoms with Crippen LogP contribution in [-0.2, 0) is 4.79 Å². The van der Waals surface area contributed by atoms with Gasteiger partial charge in [-0.25, -0.2) is 0 Å². The maximum absolute atomic E-state index is 12.8. The number of rotatable bonds is 6. The molecule has 1 N–H and O–H groups in total. The smallest absolute Gasteiger partial charge is 0.241 e. The van der Waals surface area contributed by atoms with Gasteiger partial charge in [0.15, 0.2) is 0 Å². The molecule has 2 atom stereocenters. The minimum Gasteiger partial charge on any atom is -0.324 e. The third kappa shape index (κ3) is 3.76. The Morgan fingerprint density at radius 2 is 1.90 bits per heavy atom. The van der Waals surface area contributed by atoms with Gasteiger partial charge in [-0.1, -0.05) is 40.5 Å². The quantitative estimate of drug-likeness (QED) is 0.815. The van der Waals surface area contributed by atoms with Gasteiger partial charge in [0.05, 0.1) is 12.2 Å². The maximum Gasteiger partial charge on any atom is 0.241 e. The average molecular weight is 313 g/mol. The number of hydrogen-bond acceptors (Lipinski definition) is 3. The Labute approximate surface area is 134 Å². The van der Waals surface area contributed by atoms with Gasteiger partial charge in [0.1, 0.15) is 0 Å². The molecule has 0 aromatic rings. The van der Waals surface area contributed by atoms with E-state index in [-0.39, 0.29) is 12.2 Å². The second-order valence-electron chi connectivity index (χ2n) is 7.59. The van der Waals surface area contributed by atoms with E-state index in [9.17, 15) is 4.79 Å². The van der Waals surface area contributed by atoms with Crippen molar-refractivity contribution >= 4 is 17.7 Å². The van der Waals surface area contributed by atoms with Crippen molar-refractivity contribution in [3.05, 3.63) is 0 Å². The highest BCUT2D eigenvalue weighted by Crippen LogP contribution is 2.42. The lowest BCUT2D eigenvalue weighted by molar-refractivity contribution is -0.131. The number of hydrogen-bond donors (Lipinski definition) is 1. The van der Waals surface area contributed by atoms with Crippen LogP contribution in [0.5, 0.6) is 0 Å². The zero-order chi connectivity index (χ0) is 15.6. The van der Waals surface area contributed by atoms with Crippen molar-refractivity contribution in [2.75, 3.05) is 12.8 Å². The van der Waals surface area contributed by atoms with E-state index in [1.807, 2.05) is 11.8 Å². The number of thioether (sulfide) groups is 1. The SMILES string of the molecule is CSC1(CN2C(=O)C(C(C)C)NC2CC(C)C)CCCC1. The maximum atomic E-state index is 12.8. The number of amides is 1. The lowest BCUT2D eigenvalue weighted by Crippen LogP contribution is -2.46. The zero-order valence-electron chi connectivity index (χ0n) is 14.3. The summed E-state index contributed by atoms with van der Waals surface area (Å²) in [7, 11) is 0. The Bertz CT molecular complexity index is 364. The molecule has 0 radical (unpaired) electrons. The highest BCUT2D eigenvalue weighted by molar-refractivity contribution is 8.00. The zero-order valence-corrected chi connectivity index (χ0v) is 15.1. The summed E-state index contributed by atoms with van der Waals surface area (Å²) in [6.45, 7) is 9.71. The summed E-state index contributed by atoms with van der Waals surface area (Å²) in [5.41, 5.74) is 0. The van der Waals surface area contributed by atoms with Gasteiger partial charge in [0.25, 0.3) is 0 Å². The summed E-state index contributed by atoms with van der Waals surface area (Å²) in [5.74, 6) is 1.31. The van der Waals surface area contributed by atoms with E-state index in [1.165, 1.54) is 25.7 Å². The highest BCUT2D eigenvalue weighted by atomic mass is 32.2. The first-order valence-corrected chi connectivity index (χ1v) is 9.73. The molecule has 122 valence electrons. The molecule has 2 aliphatic rings. The summed E-state index contributed by atoms with van der Waals surface area (Å²) in [6.07, 6.45) is 8.67. The third-order valence-corrected chi connectivity index (χ3v) is 6.47. The fraction of sp³-hybridized carbons (Fsp3) is 0.941. The van der Waals surface area contributed by atoms with Crippen LogP contribution in [0.25, 0.3) is 0 Å². The summed E-state index contributed by atoms with van der Waals surface area (Å²) >= 11 is 1.98. The topological polar surface area (TPSA) is 32.3 Å². The van der Waals surface area contributed by atoms with Crippen molar-refractivity contribution < 1.29 is 4.79 Å². The first kappa shape index (κ1) is 17.1. The van der Waals surface area contributed by atoms with E-state index < -0.39 is 0 Å². The molecule has 0 spiro atoms. The van der Waals surface area contributed by atoms with Crippen LogP contribution in [0.2, 0.25) is 0 Å². The molecule has 1 aliphatic carbocycles. The Hall–Kier alpha value is -0.220. The van der Waals surface area contributed by atoms with Crippen LogP contribution in [0.3, 0.4) is 0 Å². The second kappa shape index (κ2) is 6.91. The molecular formula is C17H32N2OS. The Kier molecular flexibility index (Phi) is 5.64. The molecule has 2 unspecified atom stereocenters. The normalized spacial score (nSPS) is 29.1. The molecule has 0 aromatic carbocycles. The van der Waals surface area contributed by atoms with Gasteiger partial charge in [-0.2, -0.15) is 11.8 Å². The van der Waals surface area contributed by atoms with E-state index in [0.29, 0.717) is 22.5 Å². The summed E-state index contributed by atoms with van der Waals surface area (Å²) in [4.78, 5) is 15.0. The Morgan fingerprint density at radius 3 is 2.38 bits per heavy atom. The average Bonchev–Trinajstić information content (AvgIpc) is 2.99. The van der Waals surface area contributed by atoms with Crippen molar-refractivity contribution in [2.24, 2.45) is 11.8 Å². The van der Waals surface area contributed by atoms with Crippen molar-refractivity contribution in [2.45, 2.75) is 76.8 Å². The van der Waals surface area contributed by atoms with Crippen LogP contribution >= 0.6 is 11.8 Å². The van der Waals surface area contributed by atoms with E-state index in [4.69, 9.17) is 0 Å². The fourth-order valence-corrected chi connectivity index (χ4v) is 4.73. The van der Waals surface area contributed by atoms with Gasteiger partial charge in [-0.3, -0.25) is 10.1 Å². The molecule has 21 heavy (non-hydrogen) atoms. The van der Waals surface area contributed by atoms with Gasteiger partial charge < -0.3 is 4.90 Å². The summed E-state index contributed by atoms with van der Waals surface area (Å²) in [5, 5.41) is 3.60. The van der Waals surface area contributed by atoms with Gasteiger partial charge in [0.2, 0.25) is 5.91 Å². The number of carbonyl (C=O) groups is 1. The minimum atomic E-state index is 0.00839. The molecule has 1 saturated heterocycles. The minimum absolute atomic E-state index is 0.00839. The Morgan fingerprint density at radius 1 is 1.29 bits per heavy atom.